The second kappa shape index (κ2) is 3.56. The zero-order chi connectivity index (χ0) is 10.8. The van der Waals surface area contributed by atoms with Gasteiger partial charge < -0.3 is 9.84 Å². The summed E-state index contributed by atoms with van der Waals surface area (Å²) in [6.07, 6.45) is 0. The minimum Gasteiger partial charge on any atom is -0.504 e. The van der Waals surface area contributed by atoms with E-state index in [-0.39, 0.29) is 5.75 Å². The van der Waals surface area contributed by atoms with Crippen LogP contribution in [0.5, 0.6) is 11.5 Å². The van der Waals surface area contributed by atoms with E-state index < -0.39 is 0 Å². The Hall–Kier alpha value is -2.11. The van der Waals surface area contributed by atoms with Crippen molar-refractivity contribution in [2.24, 2.45) is 7.05 Å². The van der Waals surface area contributed by atoms with Gasteiger partial charge in [-0.05, 0) is 23.4 Å². The van der Waals surface area contributed by atoms with Crippen molar-refractivity contribution in [3.63, 3.8) is 0 Å². The van der Waals surface area contributed by atoms with Gasteiger partial charge in [-0.2, -0.15) is 4.80 Å². The van der Waals surface area contributed by atoms with Crippen LogP contribution < -0.4 is 4.74 Å². The molecule has 0 amide bonds. The number of aryl methyl sites for hydroxylation is 1. The number of hydrogen-bond acceptors (Lipinski definition) is 5. The molecule has 0 unspecified atom stereocenters. The third-order valence-corrected chi connectivity index (χ3v) is 1.95. The first-order valence-electron chi connectivity index (χ1n) is 4.32. The van der Waals surface area contributed by atoms with Gasteiger partial charge in [0.25, 0.3) is 0 Å². The second-order valence-corrected chi connectivity index (χ2v) is 2.99. The number of benzene rings is 1. The van der Waals surface area contributed by atoms with Crippen molar-refractivity contribution < 1.29 is 9.84 Å². The van der Waals surface area contributed by atoms with Crippen molar-refractivity contribution in [1.29, 1.82) is 0 Å². The molecule has 0 aliphatic rings. The van der Waals surface area contributed by atoms with E-state index in [1.54, 1.807) is 19.2 Å². The van der Waals surface area contributed by atoms with Gasteiger partial charge in [-0.3, -0.25) is 0 Å². The SMILES string of the molecule is COc1cc(-c2nnn(C)n2)ccc1O. The molecule has 0 aliphatic heterocycles. The summed E-state index contributed by atoms with van der Waals surface area (Å²) in [5, 5.41) is 21.0. The van der Waals surface area contributed by atoms with Crippen LogP contribution in [0.2, 0.25) is 0 Å². The molecule has 0 fully saturated rings. The summed E-state index contributed by atoms with van der Waals surface area (Å²) in [6.45, 7) is 0. The van der Waals surface area contributed by atoms with Crippen LogP contribution in [0.4, 0.5) is 0 Å². The molecule has 1 aromatic heterocycles. The number of phenolic OH excluding ortho intramolecular Hbond substituents is 1. The topological polar surface area (TPSA) is 73.1 Å². The first kappa shape index (κ1) is 9.45. The summed E-state index contributed by atoms with van der Waals surface area (Å²) in [4.78, 5) is 1.37. The number of hydrogen-bond donors (Lipinski definition) is 1. The lowest BCUT2D eigenvalue weighted by atomic mass is 10.2. The van der Waals surface area contributed by atoms with Crippen molar-refractivity contribution in [2.45, 2.75) is 0 Å². The molecule has 1 N–H and O–H groups in total. The molecule has 0 spiro atoms. The summed E-state index contributed by atoms with van der Waals surface area (Å²) in [6, 6.07) is 4.89. The second-order valence-electron chi connectivity index (χ2n) is 2.99. The number of aromatic hydroxyl groups is 1. The normalized spacial score (nSPS) is 10.3. The molecular formula is C9H10N4O2. The summed E-state index contributed by atoms with van der Waals surface area (Å²) < 4.78 is 4.98. The van der Waals surface area contributed by atoms with Crippen LogP contribution >= 0.6 is 0 Å². The quantitative estimate of drug-likeness (QED) is 0.778. The predicted molar refractivity (Wildman–Crippen MR) is 52.5 cm³/mol. The Morgan fingerprint density at radius 2 is 2.20 bits per heavy atom. The van der Waals surface area contributed by atoms with Crippen molar-refractivity contribution in [2.75, 3.05) is 7.11 Å². The van der Waals surface area contributed by atoms with E-state index >= 15 is 0 Å². The maximum atomic E-state index is 9.40. The van der Waals surface area contributed by atoms with Gasteiger partial charge in [0.15, 0.2) is 11.5 Å². The largest absolute Gasteiger partial charge is 0.504 e. The maximum absolute atomic E-state index is 9.40. The van der Waals surface area contributed by atoms with Gasteiger partial charge in [-0.25, -0.2) is 0 Å². The van der Waals surface area contributed by atoms with Crippen molar-refractivity contribution >= 4 is 0 Å². The average molecular weight is 206 g/mol. The van der Waals surface area contributed by atoms with Gasteiger partial charge in [0.2, 0.25) is 5.82 Å². The fourth-order valence-corrected chi connectivity index (χ4v) is 1.22. The van der Waals surface area contributed by atoms with Crippen LogP contribution in [0.15, 0.2) is 18.2 Å². The average Bonchev–Trinajstić information content (AvgIpc) is 2.66. The molecule has 0 radical (unpaired) electrons. The van der Waals surface area contributed by atoms with Gasteiger partial charge >= 0.3 is 0 Å². The van der Waals surface area contributed by atoms with E-state index in [2.05, 4.69) is 15.4 Å². The monoisotopic (exact) mass is 206 g/mol. The predicted octanol–water partition coefficient (Wildman–Crippen LogP) is 0.591. The molecule has 0 atom stereocenters. The molecular weight excluding hydrogens is 196 g/mol. The molecule has 2 rings (SSSR count). The number of rotatable bonds is 2. The maximum Gasteiger partial charge on any atom is 0.205 e. The molecule has 1 aromatic carbocycles. The lowest BCUT2D eigenvalue weighted by Crippen LogP contribution is -1.92. The summed E-state index contributed by atoms with van der Waals surface area (Å²) >= 11 is 0. The molecule has 6 nitrogen and oxygen atoms in total. The molecule has 0 saturated heterocycles. The van der Waals surface area contributed by atoms with Crippen molar-refractivity contribution in [3.8, 4) is 22.9 Å². The molecule has 78 valence electrons. The molecule has 15 heavy (non-hydrogen) atoms. The van der Waals surface area contributed by atoms with Gasteiger partial charge in [-0.15, -0.1) is 10.2 Å². The lowest BCUT2D eigenvalue weighted by molar-refractivity contribution is 0.373. The Labute approximate surface area is 86.1 Å². The third-order valence-electron chi connectivity index (χ3n) is 1.95. The Balaban J connectivity index is 2.45. The van der Waals surface area contributed by atoms with Crippen LogP contribution in [-0.4, -0.2) is 32.4 Å². The molecule has 0 saturated carbocycles. The minimum atomic E-state index is 0.0881. The highest BCUT2D eigenvalue weighted by Gasteiger charge is 2.08. The van der Waals surface area contributed by atoms with Crippen molar-refractivity contribution in [3.05, 3.63) is 18.2 Å². The highest BCUT2D eigenvalue weighted by molar-refractivity contribution is 5.59. The molecule has 6 heteroatoms. The van der Waals surface area contributed by atoms with E-state index in [1.165, 1.54) is 18.0 Å². The highest BCUT2D eigenvalue weighted by atomic mass is 16.5. The summed E-state index contributed by atoms with van der Waals surface area (Å²) in [5.74, 6) is 0.973. The zero-order valence-electron chi connectivity index (χ0n) is 8.38. The highest BCUT2D eigenvalue weighted by Crippen LogP contribution is 2.29. The van der Waals surface area contributed by atoms with E-state index in [4.69, 9.17) is 4.74 Å². The van der Waals surface area contributed by atoms with Crippen LogP contribution in [0.25, 0.3) is 11.4 Å². The van der Waals surface area contributed by atoms with Crippen molar-refractivity contribution in [1.82, 2.24) is 20.2 Å². The Morgan fingerprint density at radius 1 is 1.40 bits per heavy atom. The van der Waals surface area contributed by atoms with Crippen LogP contribution in [0, 0.1) is 0 Å². The van der Waals surface area contributed by atoms with Crippen LogP contribution in [0.1, 0.15) is 0 Å². The fraction of sp³-hybridized carbons (Fsp3) is 0.222. The van der Waals surface area contributed by atoms with Crippen LogP contribution in [0.3, 0.4) is 0 Å². The fourth-order valence-electron chi connectivity index (χ4n) is 1.22. The lowest BCUT2D eigenvalue weighted by Gasteiger charge is -2.03. The first-order valence-corrected chi connectivity index (χ1v) is 4.32. The summed E-state index contributed by atoms with van der Waals surface area (Å²) in [7, 11) is 3.18. The standard InChI is InChI=1S/C9H10N4O2/c1-13-11-9(10-12-13)6-3-4-7(14)8(5-6)15-2/h3-5,14H,1-2H3. The third kappa shape index (κ3) is 1.74. The van der Waals surface area contributed by atoms with E-state index in [1.807, 2.05) is 0 Å². The summed E-state index contributed by atoms with van der Waals surface area (Å²) in [5.41, 5.74) is 0.748. The van der Waals surface area contributed by atoms with E-state index in [0.717, 1.165) is 5.56 Å². The molecule has 1 heterocycles. The van der Waals surface area contributed by atoms with E-state index in [9.17, 15) is 5.11 Å². The number of phenols is 1. The number of ether oxygens (including phenoxy) is 1. The smallest absolute Gasteiger partial charge is 0.205 e. The van der Waals surface area contributed by atoms with Gasteiger partial charge in [0.1, 0.15) is 0 Å². The Bertz CT molecular complexity index is 481. The van der Waals surface area contributed by atoms with Crippen LogP contribution in [-0.2, 0) is 7.05 Å². The van der Waals surface area contributed by atoms with E-state index in [0.29, 0.717) is 11.6 Å². The molecule has 0 aliphatic carbocycles. The Kier molecular flexibility index (Phi) is 2.24. The first-order chi connectivity index (χ1) is 7.20. The van der Waals surface area contributed by atoms with Gasteiger partial charge in [0, 0.05) is 5.56 Å². The minimum absolute atomic E-state index is 0.0881. The Morgan fingerprint density at radius 3 is 2.80 bits per heavy atom. The zero-order valence-corrected chi connectivity index (χ0v) is 8.38. The number of nitrogens with zero attached hydrogens (tertiary/aromatic N) is 4. The number of aromatic nitrogens is 4. The molecule has 2 aromatic rings. The number of methoxy groups -OCH3 is 1. The van der Waals surface area contributed by atoms with Gasteiger partial charge in [0.05, 0.1) is 14.2 Å². The molecule has 0 bridgehead atoms. The number of tetrazole rings is 1. The van der Waals surface area contributed by atoms with Gasteiger partial charge in [-0.1, -0.05) is 0 Å².